The smallest absolute Gasteiger partial charge is 0.326 e. The van der Waals surface area contributed by atoms with Crippen LogP contribution in [0.3, 0.4) is 0 Å². The number of nitrogens with zero attached hydrogens (tertiary/aromatic N) is 3. The summed E-state index contributed by atoms with van der Waals surface area (Å²) in [5.74, 6) is -0.222. The summed E-state index contributed by atoms with van der Waals surface area (Å²) in [6.07, 6.45) is 3.57. The monoisotopic (exact) mass is 262 g/mol. The molecule has 0 radical (unpaired) electrons. The molecule has 0 unspecified atom stereocenters. The standard InChI is InChI=1S/C12H14N4O3/c1-19-7-4-9(12(17)18)16(5-7)11-8-2-3-13-10(8)14-6-15-11/h2-3,6-7,9H,4-5H2,1H3,(H,17,18)(H,13,14,15)/t7-,9-/m0/s1. The number of hydrogen-bond donors (Lipinski definition) is 2. The molecule has 2 aromatic rings. The second-order valence-corrected chi connectivity index (χ2v) is 4.54. The van der Waals surface area contributed by atoms with E-state index in [0.29, 0.717) is 24.4 Å². The van der Waals surface area contributed by atoms with Crippen molar-refractivity contribution in [1.29, 1.82) is 0 Å². The topological polar surface area (TPSA) is 91.3 Å². The molecule has 7 heteroatoms. The van der Waals surface area contributed by atoms with E-state index in [1.807, 2.05) is 6.07 Å². The van der Waals surface area contributed by atoms with Gasteiger partial charge in [0.15, 0.2) is 0 Å². The lowest BCUT2D eigenvalue weighted by molar-refractivity contribution is -0.138. The van der Waals surface area contributed by atoms with E-state index in [9.17, 15) is 9.90 Å². The highest BCUT2D eigenvalue weighted by molar-refractivity contribution is 5.90. The number of hydrogen-bond acceptors (Lipinski definition) is 5. The maximum atomic E-state index is 11.4. The molecule has 1 saturated heterocycles. The highest BCUT2D eigenvalue weighted by Crippen LogP contribution is 2.30. The largest absolute Gasteiger partial charge is 0.480 e. The molecule has 0 spiro atoms. The molecule has 0 amide bonds. The Morgan fingerprint density at radius 2 is 2.42 bits per heavy atom. The molecule has 0 aromatic carbocycles. The van der Waals surface area contributed by atoms with Crippen molar-refractivity contribution in [1.82, 2.24) is 15.0 Å². The molecule has 1 aliphatic rings. The first-order valence-corrected chi connectivity index (χ1v) is 6.01. The predicted molar refractivity (Wildman–Crippen MR) is 68.1 cm³/mol. The Morgan fingerprint density at radius 3 is 3.16 bits per heavy atom. The van der Waals surface area contributed by atoms with Gasteiger partial charge in [0, 0.05) is 26.3 Å². The quantitative estimate of drug-likeness (QED) is 0.843. The number of anilines is 1. The second-order valence-electron chi connectivity index (χ2n) is 4.54. The van der Waals surface area contributed by atoms with Crippen molar-refractivity contribution in [3.63, 3.8) is 0 Å². The number of fused-ring (bicyclic) bond motifs is 1. The van der Waals surface area contributed by atoms with Crippen molar-refractivity contribution < 1.29 is 14.6 Å². The number of aliphatic carboxylic acids is 1. The van der Waals surface area contributed by atoms with Crippen LogP contribution in [-0.2, 0) is 9.53 Å². The van der Waals surface area contributed by atoms with Crippen LogP contribution in [0.1, 0.15) is 6.42 Å². The summed E-state index contributed by atoms with van der Waals surface area (Å²) < 4.78 is 5.28. The Kier molecular flexibility index (Phi) is 2.83. The minimum atomic E-state index is -0.859. The first-order chi connectivity index (χ1) is 9.20. The number of methoxy groups -OCH3 is 1. The SMILES string of the molecule is CO[C@H]1C[C@@H](C(=O)O)N(c2ncnc3[nH]ccc23)C1. The van der Waals surface area contributed by atoms with E-state index in [2.05, 4.69) is 15.0 Å². The van der Waals surface area contributed by atoms with Crippen LogP contribution >= 0.6 is 0 Å². The Balaban J connectivity index is 2.04. The highest BCUT2D eigenvalue weighted by Gasteiger charge is 2.38. The molecule has 7 nitrogen and oxygen atoms in total. The summed E-state index contributed by atoms with van der Waals surface area (Å²) in [6, 6.07) is 1.24. The number of nitrogens with one attached hydrogen (secondary N) is 1. The highest BCUT2D eigenvalue weighted by atomic mass is 16.5. The van der Waals surface area contributed by atoms with Gasteiger partial charge in [0.05, 0.1) is 11.5 Å². The fraction of sp³-hybridized carbons (Fsp3) is 0.417. The van der Waals surface area contributed by atoms with Gasteiger partial charge in [-0.2, -0.15) is 0 Å². The second kappa shape index (κ2) is 4.51. The van der Waals surface area contributed by atoms with Gasteiger partial charge in [-0.25, -0.2) is 14.8 Å². The molecule has 19 heavy (non-hydrogen) atoms. The summed E-state index contributed by atoms with van der Waals surface area (Å²) >= 11 is 0. The normalized spacial score (nSPS) is 23.1. The third-order valence-electron chi connectivity index (χ3n) is 3.49. The molecule has 0 saturated carbocycles. The average molecular weight is 262 g/mol. The third kappa shape index (κ3) is 1.91. The summed E-state index contributed by atoms with van der Waals surface area (Å²) in [4.78, 5) is 24.5. The van der Waals surface area contributed by atoms with Gasteiger partial charge >= 0.3 is 5.97 Å². The van der Waals surface area contributed by atoms with Crippen molar-refractivity contribution in [3.8, 4) is 0 Å². The van der Waals surface area contributed by atoms with Crippen LogP contribution in [0, 0.1) is 0 Å². The Morgan fingerprint density at radius 1 is 1.58 bits per heavy atom. The van der Waals surface area contributed by atoms with Crippen LogP contribution in [0.25, 0.3) is 11.0 Å². The van der Waals surface area contributed by atoms with Gasteiger partial charge in [-0.15, -0.1) is 0 Å². The summed E-state index contributed by atoms with van der Waals surface area (Å²) in [5, 5.41) is 10.2. The molecular weight excluding hydrogens is 248 g/mol. The van der Waals surface area contributed by atoms with Crippen molar-refractivity contribution in [3.05, 3.63) is 18.6 Å². The van der Waals surface area contributed by atoms with Crippen LogP contribution in [0.15, 0.2) is 18.6 Å². The van der Waals surface area contributed by atoms with Crippen molar-refractivity contribution in [2.75, 3.05) is 18.6 Å². The minimum absolute atomic E-state index is 0.0925. The lowest BCUT2D eigenvalue weighted by atomic mass is 10.2. The Bertz CT molecular complexity index is 612. The van der Waals surface area contributed by atoms with Crippen LogP contribution < -0.4 is 4.90 Å². The zero-order valence-electron chi connectivity index (χ0n) is 10.4. The van der Waals surface area contributed by atoms with Gasteiger partial charge in [0.1, 0.15) is 23.8 Å². The molecule has 1 aliphatic heterocycles. The minimum Gasteiger partial charge on any atom is -0.480 e. The zero-order valence-corrected chi connectivity index (χ0v) is 10.4. The van der Waals surface area contributed by atoms with E-state index in [-0.39, 0.29) is 6.10 Å². The van der Waals surface area contributed by atoms with E-state index in [1.54, 1.807) is 18.2 Å². The number of rotatable bonds is 3. The Hall–Kier alpha value is -2.15. The molecule has 2 atom stereocenters. The van der Waals surface area contributed by atoms with E-state index in [4.69, 9.17) is 4.74 Å². The number of carboxylic acid groups (broad SMARTS) is 1. The van der Waals surface area contributed by atoms with Gasteiger partial charge in [-0.1, -0.05) is 0 Å². The zero-order chi connectivity index (χ0) is 13.4. The maximum absolute atomic E-state index is 11.4. The van der Waals surface area contributed by atoms with E-state index < -0.39 is 12.0 Å². The van der Waals surface area contributed by atoms with Gasteiger partial charge in [-0.3, -0.25) is 0 Å². The number of aromatic nitrogens is 3. The molecule has 100 valence electrons. The third-order valence-corrected chi connectivity index (χ3v) is 3.49. The van der Waals surface area contributed by atoms with Crippen molar-refractivity contribution in [2.45, 2.75) is 18.6 Å². The number of aromatic amines is 1. The predicted octanol–water partition coefficient (Wildman–Crippen LogP) is 0.636. The summed E-state index contributed by atoms with van der Waals surface area (Å²) in [7, 11) is 1.60. The Labute approximate surface area is 109 Å². The van der Waals surface area contributed by atoms with Crippen molar-refractivity contribution >= 4 is 22.8 Å². The van der Waals surface area contributed by atoms with Gasteiger partial charge < -0.3 is 19.7 Å². The first-order valence-electron chi connectivity index (χ1n) is 6.01. The number of carboxylic acids is 1. The van der Waals surface area contributed by atoms with Crippen LogP contribution in [0.4, 0.5) is 5.82 Å². The number of H-pyrrole nitrogens is 1. The maximum Gasteiger partial charge on any atom is 0.326 e. The number of ether oxygens (including phenoxy) is 1. The van der Waals surface area contributed by atoms with Crippen molar-refractivity contribution in [2.24, 2.45) is 0 Å². The summed E-state index contributed by atoms with van der Waals surface area (Å²) in [6.45, 7) is 0.519. The van der Waals surface area contributed by atoms with Gasteiger partial charge in [-0.05, 0) is 6.07 Å². The van der Waals surface area contributed by atoms with Gasteiger partial charge in [0.2, 0.25) is 0 Å². The summed E-state index contributed by atoms with van der Waals surface area (Å²) in [5.41, 5.74) is 0.704. The van der Waals surface area contributed by atoms with Crippen LogP contribution in [0.2, 0.25) is 0 Å². The fourth-order valence-corrected chi connectivity index (χ4v) is 2.52. The lowest BCUT2D eigenvalue weighted by Gasteiger charge is -2.22. The lowest BCUT2D eigenvalue weighted by Crippen LogP contribution is -2.36. The van der Waals surface area contributed by atoms with E-state index in [1.165, 1.54) is 6.33 Å². The molecule has 2 aromatic heterocycles. The van der Waals surface area contributed by atoms with E-state index >= 15 is 0 Å². The molecule has 0 bridgehead atoms. The van der Waals surface area contributed by atoms with E-state index in [0.717, 1.165) is 5.39 Å². The van der Waals surface area contributed by atoms with Gasteiger partial charge in [0.25, 0.3) is 0 Å². The molecular formula is C12H14N4O3. The fourth-order valence-electron chi connectivity index (χ4n) is 2.52. The molecule has 2 N–H and O–H groups in total. The van der Waals surface area contributed by atoms with Crippen LogP contribution in [0.5, 0.6) is 0 Å². The molecule has 3 heterocycles. The molecule has 0 aliphatic carbocycles. The van der Waals surface area contributed by atoms with Crippen LogP contribution in [-0.4, -0.2) is 51.8 Å². The average Bonchev–Trinajstić information content (AvgIpc) is 3.04. The molecule has 1 fully saturated rings. The molecule has 3 rings (SSSR count). The number of carbonyl (C=O) groups is 1. The first kappa shape index (κ1) is 11.9.